The molecule has 1 atom stereocenters. The molecule has 0 spiro atoms. The standard InChI is InChI=1S/C10H17O2P/c1-9(2)5-4-6-10(3)7-8-13(11)12/h5,7H,4,6,8H2,1-3H3/p+1. The molecule has 0 amide bonds. The first kappa shape index (κ1) is 12.5. The van der Waals surface area contributed by atoms with Crippen LogP contribution in [0.15, 0.2) is 23.3 Å². The molecule has 0 fully saturated rings. The average molecular weight is 201 g/mol. The molecule has 1 N–H and O–H groups in total. The fourth-order valence-corrected chi connectivity index (χ4v) is 1.39. The van der Waals surface area contributed by atoms with Crippen LogP contribution in [0.1, 0.15) is 33.6 Å². The molecule has 1 unspecified atom stereocenters. The quantitative estimate of drug-likeness (QED) is 0.546. The van der Waals surface area contributed by atoms with Crippen LogP contribution in [0.4, 0.5) is 0 Å². The number of hydrogen-bond donors (Lipinski definition) is 1. The smallest absolute Gasteiger partial charge is 0.160 e. The molecule has 0 saturated carbocycles. The van der Waals surface area contributed by atoms with Gasteiger partial charge in [0.1, 0.15) is 0 Å². The summed E-state index contributed by atoms with van der Waals surface area (Å²) in [4.78, 5) is 8.57. The highest BCUT2D eigenvalue weighted by Crippen LogP contribution is 2.15. The van der Waals surface area contributed by atoms with Gasteiger partial charge in [-0.3, -0.25) is 0 Å². The molecule has 0 aromatic rings. The molecule has 0 bridgehead atoms. The maximum atomic E-state index is 10.4. The minimum absolute atomic E-state index is 0.288. The molecule has 0 aromatic carbocycles. The van der Waals surface area contributed by atoms with Crippen molar-refractivity contribution in [2.75, 3.05) is 6.16 Å². The number of hydrogen-bond acceptors (Lipinski definition) is 1. The van der Waals surface area contributed by atoms with Crippen molar-refractivity contribution in [1.82, 2.24) is 0 Å². The Kier molecular flexibility index (Phi) is 6.75. The van der Waals surface area contributed by atoms with Gasteiger partial charge in [0.25, 0.3) is 0 Å². The van der Waals surface area contributed by atoms with Crippen molar-refractivity contribution in [3.05, 3.63) is 23.3 Å². The van der Waals surface area contributed by atoms with Crippen molar-refractivity contribution in [3.63, 3.8) is 0 Å². The summed E-state index contributed by atoms with van der Waals surface area (Å²) in [6, 6.07) is 0. The molecule has 0 aliphatic heterocycles. The molecule has 13 heavy (non-hydrogen) atoms. The van der Waals surface area contributed by atoms with Gasteiger partial charge in [-0.1, -0.05) is 17.2 Å². The van der Waals surface area contributed by atoms with Gasteiger partial charge in [-0.25, -0.2) is 0 Å². The second-order valence-corrected chi connectivity index (χ2v) is 4.47. The summed E-state index contributed by atoms with van der Waals surface area (Å²) >= 11 is 0. The van der Waals surface area contributed by atoms with E-state index in [1.807, 2.05) is 13.0 Å². The summed E-state index contributed by atoms with van der Waals surface area (Å²) in [5, 5.41) is 0. The molecule has 0 heterocycles. The Bertz CT molecular complexity index is 225. The van der Waals surface area contributed by atoms with E-state index in [0.29, 0.717) is 0 Å². The molecule has 0 radical (unpaired) electrons. The summed E-state index contributed by atoms with van der Waals surface area (Å²) in [6.07, 6.45) is 6.31. The summed E-state index contributed by atoms with van der Waals surface area (Å²) < 4.78 is 10.4. The molecular weight excluding hydrogens is 183 g/mol. The molecule has 74 valence electrons. The van der Waals surface area contributed by atoms with E-state index in [0.717, 1.165) is 12.8 Å². The van der Waals surface area contributed by atoms with Crippen LogP contribution >= 0.6 is 8.03 Å². The van der Waals surface area contributed by atoms with E-state index in [1.54, 1.807) is 0 Å². The lowest BCUT2D eigenvalue weighted by atomic mass is 10.1. The first-order chi connectivity index (χ1) is 6.02. The SMILES string of the molecule is CC(C)=CCCC(C)=CC[P+](=O)O. The maximum absolute atomic E-state index is 10.4. The van der Waals surface area contributed by atoms with E-state index < -0.39 is 8.03 Å². The Morgan fingerprint density at radius 3 is 2.38 bits per heavy atom. The Hall–Kier alpha value is -0.460. The van der Waals surface area contributed by atoms with E-state index in [9.17, 15) is 4.57 Å². The molecule has 0 aliphatic carbocycles. The third-order valence-electron chi connectivity index (χ3n) is 1.69. The Morgan fingerprint density at radius 1 is 1.31 bits per heavy atom. The van der Waals surface area contributed by atoms with Gasteiger partial charge in [0.2, 0.25) is 0 Å². The van der Waals surface area contributed by atoms with Crippen LogP contribution in [0.25, 0.3) is 0 Å². The van der Waals surface area contributed by atoms with Gasteiger partial charge in [-0.2, -0.15) is 4.89 Å². The topological polar surface area (TPSA) is 37.3 Å². The van der Waals surface area contributed by atoms with Crippen molar-refractivity contribution in [1.29, 1.82) is 0 Å². The normalized spacial score (nSPS) is 12.6. The highest BCUT2D eigenvalue weighted by molar-refractivity contribution is 7.38. The predicted octanol–water partition coefficient (Wildman–Crippen LogP) is 3.41. The lowest BCUT2D eigenvalue weighted by Gasteiger charge is -1.95. The van der Waals surface area contributed by atoms with E-state index in [4.69, 9.17) is 4.89 Å². The highest BCUT2D eigenvalue weighted by Gasteiger charge is 2.05. The zero-order valence-electron chi connectivity index (χ0n) is 8.58. The monoisotopic (exact) mass is 201 g/mol. The van der Waals surface area contributed by atoms with E-state index in [2.05, 4.69) is 19.9 Å². The number of allylic oxidation sites excluding steroid dienone is 4. The van der Waals surface area contributed by atoms with E-state index in [1.165, 1.54) is 11.1 Å². The van der Waals surface area contributed by atoms with Crippen LogP contribution in [0.2, 0.25) is 0 Å². The van der Waals surface area contributed by atoms with Crippen LogP contribution in [-0.2, 0) is 4.57 Å². The van der Waals surface area contributed by atoms with Crippen molar-refractivity contribution in [3.8, 4) is 0 Å². The summed E-state index contributed by atoms with van der Waals surface area (Å²) in [6.45, 7) is 6.14. The van der Waals surface area contributed by atoms with Gasteiger partial charge < -0.3 is 0 Å². The number of rotatable bonds is 5. The molecule has 3 heteroatoms. The molecular formula is C10H18O2P+. The van der Waals surface area contributed by atoms with Gasteiger partial charge in [-0.15, -0.1) is 0 Å². The van der Waals surface area contributed by atoms with E-state index >= 15 is 0 Å². The average Bonchev–Trinajstić information content (AvgIpc) is 2.00. The molecule has 0 aliphatic rings. The fraction of sp³-hybridized carbons (Fsp3) is 0.600. The van der Waals surface area contributed by atoms with Gasteiger partial charge in [0.05, 0.1) is 0 Å². The lowest BCUT2D eigenvalue weighted by molar-refractivity contribution is 0.506. The predicted molar refractivity (Wildman–Crippen MR) is 57.1 cm³/mol. The van der Waals surface area contributed by atoms with Crippen LogP contribution in [0.5, 0.6) is 0 Å². The minimum atomic E-state index is -2.00. The van der Waals surface area contributed by atoms with Gasteiger partial charge >= 0.3 is 8.03 Å². The zero-order valence-corrected chi connectivity index (χ0v) is 9.47. The van der Waals surface area contributed by atoms with Crippen molar-refractivity contribution >= 4 is 8.03 Å². The Balaban J connectivity index is 3.73. The van der Waals surface area contributed by atoms with Crippen LogP contribution in [-0.4, -0.2) is 11.1 Å². The fourth-order valence-electron chi connectivity index (χ4n) is 0.925. The Labute approximate surface area is 81.2 Å². The second kappa shape index (κ2) is 6.99. The summed E-state index contributed by atoms with van der Waals surface area (Å²) in [5.41, 5.74) is 2.51. The maximum Gasteiger partial charge on any atom is 0.509 e. The summed E-state index contributed by atoms with van der Waals surface area (Å²) in [5.74, 6) is 0. The largest absolute Gasteiger partial charge is 0.509 e. The summed E-state index contributed by atoms with van der Waals surface area (Å²) in [7, 11) is -2.00. The molecule has 0 rings (SSSR count). The first-order valence-corrected chi connectivity index (χ1v) is 5.84. The third kappa shape index (κ3) is 9.45. The van der Waals surface area contributed by atoms with Crippen LogP contribution in [0.3, 0.4) is 0 Å². The van der Waals surface area contributed by atoms with Crippen molar-refractivity contribution < 1.29 is 9.46 Å². The second-order valence-electron chi connectivity index (χ2n) is 3.41. The molecule has 2 nitrogen and oxygen atoms in total. The van der Waals surface area contributed by atoms with Crippen LogP contribution < -0.4 is 0 Å². The third-order valence-corrected chi connectivity index (χ3v) is 2.18. The molecule has 0 aromatic heterocycles. The van der Waals surface area contributed by atoms with Crippen molar-refractivity contribution in [2.24, 2.45) is 0 Å². The molecule has 0 saturated heterocycles. The zero-order chi connectivity index (χ0) is 10.3. The minimum Gasteiger partial charge on any atom is -0.160 e. The Morgan fingerprint density at radius 2 is 1.92 bits per heavy atom. The lowest BCUT2D eigenvalue weighted by Crippen LogP contribution is -1.79. The van der Waals surface area contributed by atoms with Crippen molar-refractivity contribution in [2.45, 2.75) is 33.6 Å². The van der Waals surface area contributed by atoms with Crippen LogP contribution in [0, 0.1) is 0 Å². The van der Waals surface area contributed by atoms with Gasteiger partial charge in [0, 0.05) is 0 Å². The first-order valence-electron chi connectivity index (χ1n) is 4.45. The highest BCUT2D eigenvalue weighted by atomic mass is 31.1. The van der Waals surface area contributed by atoms with Gasteiger partial charge in [0.15, 0.2) is 6.16 Å². The van der Waals surface area contributed by atoms with E-state index in [-0.39, 0.29) is 6.16 Å². The van der Waals surface area contributed by atoms with Gasteiger partial charge in [-0.05, 0) is 44.3 Å².